The number of aromatic nitrogens is 3. The SMILES string of the molecule is CCCn1c(N)c(-c2nc(C(C)C)c(C(C)=O)s2)c(=O)n(CCC)c1=O. The molecule has 8 heteroatoms. The molecule has 0 aliphatic carbocycles. The van der Waals surface area contributed by atoms with Crippen molar-refractivity contribution in [2.45, 2.75) is 66.5 Å². The second kappa shape index (κ2) is 7.99. The van der Waals surface area contributed by atoms with Gasteiger partial charge in [0.05, 0.1) is 10.6 Å². The van der Waals surface area contributed by atoms with E-state index in [0.29, 0.717) is 41.5 Å². The summed E-state index contributed by atoms with van der Waals surface area (Å²) in [6.07, 6.45) is 1.36. The van der Waals surface area contributed by atoms with Gasteiger partial charge in [-0.25, -0.2) is 9.78 Å². The van der Waals surface area contributed by atoms with E-state index in [4.69, 9.17) is 5.73 Å². The molecule has 142 valence electrons. The number of ketones is 1. The minimum Gasteiger partial charge on any atom is -0.384 e. The first-order valence-corrected chi connectivity index (χ1v) is 9.71. The summed E-state index contributed by atoms with van der Waals surface area (Å²) < 4.78 is 2.64. The zero-order chi connectivity index (χ0) is 19.6. The van der Waals surface area contributed by atoms with Gasteiger partial charge >= 0.3 is 5.69 Å². The molecule has 0 aromatic carbocycles. The van der Waals surface area contributed by atoms with Crippen molar-refractivity contribution in [2.75, 3.05) is 5.73 Å². The summed E-state index contributed by atoms with van der Waals surface area (Å²) in [6, 6.07) is 0. The molecule has 0 saturated heterocycles. The predicted molar refractivity (Wildman–Crippen MR) is 105 cm³/mol. The summed E-state index contributed by atoms with van der Waals surface area (Å²) in [5.74, 6) is 0.0692. The van der Waals surface area contributed by atoms with E-state index >= 15 is 0 Å². The maximum absolute atomic E-state index is 13.0. The van der Waals surface area contributed by atoms with Crippen LogP contribution in [0.1, 0.15) is 68.7 Å². The zero-order valence-electron chi connectivity index (χ0n) is 16.0. The molecule has 0 spiro atoms. The van der Waals surface area contributed by atoms with E-state index in [0.717, 1.165) is 0 Å². The number of carbonyl (C=O) groups excluding carboxylic acids is 1. The Morgan fingerprint density at radius 3 is 2.19 bits per heavy atom. The lowest BCUT2D eigenvalue weighted by molar-refractivity contribution is 0.102. The number of Topliss-reactive ketones (excluding diaryl/α,β-unsaturated/α-hetero) is 1. The van der Waals surface area contributed by atoms with E-state index in [2.05, 4.69) is 4.98 Å². The molecule has 0 unspecified atom stereocenters. The Bertz CT molecular complexity index is 937. The smallest absolute Gasteiger partial charge is 0.332 e. The van der Waals surface area contributed by atoms with Gasteiger partial charge in [-0.2, -0.15) is 0 Å². The van der Waals surface area contributed by atoms with Crippen molar-refractivity contribution in [2.24, 2.45) is 0 Å². The highest BCUT2D eigenvalue weighted by Gasteiger charge is 2.24. The number of carbonyl (C=O) groups is 1. The van der Waals surface area contributed by atoms with Gasteiger partial charge in [0.1, 0.15) is 16.4 Å². The summed E-state index contributed by atoms with van der Waals surface area (Å²) in [6.45, 7) is 9.96. The van der Waals surface area contributed by atoms with Crippen LogP contribution in [0, 0.1) is 0 Å². The molecule has 7 nitrogen and oxygen atoms in total. The molecule has 0 aliphatic heterocycles. The molecule has 2 aromatic rings. The van der Waals surface area contributed by atoms with E-state index in [1.54, 1.807) is 0 Å². The number of thiazole rings is 1. The van der Waals surface area contributed by atoms with E-state index in [1.807, 2.05) is 27.7 Å². The molecule has 2 rings (SSSR count). The van der Waals surface area contributed by atoms with Crippen LogP contribution >= 0.6 is 11.3 Å². The molecular weight excluding hydrogens is 352 g/mol. The Kier molecular flexibility index (Phi) is 6.17. The fourth-order valence-corrected chi connectivity index (χ4v) is 4.02. The van der Waals surface area contributed by atoms with Gasteiger partial charge in [0.15, 0.2) is 5.78 Å². The summed E-state index contributed by atoms with van der Waals surface area (Å²) in [5, 5.41) is 0.399. The number of nitrogens with zero attached hydrogens (tertiary/aromatic N) is 3. The maximum Gasteiger partial charge on any atom is 0.332 e. The zero-order valence-corrected chi connectivity index (χ0v) is 16.8. The lowest BCUT2D eigenvalue weighted by atomic mass is 10.1. The summed E-state index contributed by atoms with van der Waals surface area (Å²) in [7, 11) is 0. The lowest BCUT2D eigenvalue weighted by Gasteiger charge is -2.15. The first kappa shape index (κ1) is 20.1. The lowest BCUT2D eigenvalue weighted by Crippen LogP contribution is -2.42. The molecule has 0 amide bonds. The highest BCUT2D eigenvalue weighted by Crippen LogP contribution is 2.32. The van der Waals surface area contributed by atoms with Gasteiger partial charge in [0.25, 0.3) is 5.56 Å². The first-order valence-electron chi connectivity index (χ1n) is 8.89. The van der Waals surface area contributed by atoms with Crippen molar-refractivity contribution < 1.29 is 4.79 Å². The Balaban J connectivity index is 2.85. The van der Waals surface area contributed by atoms with Crippen LogP contribution in [0.25, 0.3) is 10.6 Å². The van der Waals surface area contributed by atoms with Gasteiger partial charge in [0.2, 0.25) is 0 Å². The normalized spacial score (nSPS) is 11.3. The number of hydrogen-bond acceptors (Lipinski definition) is 6. The van der Waals surface area contributed by atoms with Crippen LogP contribution in [0.3, 0.4) is 0 Å². The molecule has 0 aliphatic rings. The van der Waals surface area contributed by atoms with Crippen molar-refractivity contribution >= 4 is 22.9 Å². The van der Waals surface area contributed by atoms with Crippen molar-refractivity contribution in [1.29, 1.82) is 0 Å². The van der Waals surface area contributed by atoms with Crippen LogP contribution in [-0.4, -0.2) is 19.9 Å². The average molecular weight is 378 g/mol. The molecule has 0 atom stereocenters. The van der Waals surface area contributed by atoms with Crippen LogP contribution in [0.4, 0.5) is 5.82 Å². The van der Waals surface area contributed by atoms with Gasteiger partial charge in [0, 0.05) is 20.0 Å². The standard InChI is InChI=1S/C18H26N4O3S/c1-6-8-21-15(19)12(17(24)22(9-7-2)18(21)25)16-20-13(10(3)4)14(26-16)11(5)23/h10H,6-9,19H2,1-5H3. The summed E-state index contributed by atoms with van der Waals surface area (Å²) >= 11 is 1.17. The monoisotopic (exact) mass is 378 g/mol. The molecule has 2 heterocycles. The third-order valence-electron chi connectivity index (χ3n) is 4.10. The number of anilines is 1. The fraction of sp³-hybridized carbons (Fsp3) is 0.556. The number of hydrogen-bond donors (Lipinski definition) is 1. The van der Waals surface area contributed by atoms with Gasteiger partial charge in [-0.3, -0.25) is 18.7 Å². The minimum absolute atomic E-state index is 0.0412. The largest absolute Gasteiger partial charge is 0.384 e. The highest BCUT2D eigenvalue weighted by atomic mass is 32.1. The quantitative estimate of drug-likeness (QED) is 0.747. The van der Waals surface area contributed by atoms with E-state index in [1.165, 1.54) is 27.4 Å². The number of rotatable bonds is 7. The first-order chi connectivity index (χ1) is 12.2. The molecule has 0 fully saturated rings. The van der Waals surface area contributed by atoms with Crippen molar-refractivity contribution in [3.63, 3.8) is 0 Å². The van der Waals surface area contributed by atoms with E-state index in [9.17, 15) is 14.4 Å². The predicted octanol–water partition coefficient (Wildman–Crippen LogP) is 2.86. The van der Waals surface area contributed by atoms with Crippen LogP contribution < -0.4 is 17.0 Å². The van der Waals surface area contributed by atoms with Gasteiger partial charge in [-0.05, 0) is 18.8 Å². The maximum atomic E-state index is 13.0. The molecule has 0 saturated carbocycles. The van der Waals surface area contributed by atoms with Gasteiger partial charge in [-0.1, -0.05) is 27.7 Å². The fourth-order valence-electron chi connectivity index (χ4n) is 2.86. The second-order valence-electron chi connectivity index (χ2n) is 6.60. The van der Waals surface area contributed by atoms with Crippen LogP contribution in [-0.2, 0) is 13.1 Å². The summed E-state index contributed by atoms with van der Waals surface area (Å²) in [5.41, 5.74) is 6.24. The second-order valence-corrected chi connectivity index (χ2v) is 7.59. The molecule has 2 aromatic heterocycles. The molecule has 2 N–H and O–H groups in total. The average Bonchev–Trinajstić information content (AvgIpc) is 3.01. The minimum atomic E-state index is -0.444. The van der Waals surface area contributed by atoms with Crippen molar-refractivity contribution in [3.8, 4) is 10.6 Å². The third kappa shape index (κ3) is 3.51. The highest BCUT2D eigenvalue weighted by molar-refractivity contribution is 7.17. The van der Waals surface area contributed by atoms with Gasteiger partial charge in [-0.15, -0.1) is 11.3 Å². The Morgan fingerprint density at radius 2 is 1.73 bits per heavy atom. The molecule has 0 radical (unpaired) electrons. The Morgan fingerprint density at radius 1 is 1.15 bits per heavy atom. The molecule has 26 heavy (non-hydrogen) atoms. The molecular formula is C18H26N4O3S. The summed E-state index contributed by atoms with van der Waals surface area (Å²) in [4.78, 5) is 42.7. The third-order valence-corrected chi connectivity index (χ3v) is 5.29. The van der Waals surface area contributed by atoms with Crippen molar-refractivity contribution in [3.05, 3.63) is 31.4 Å². The number of nitrogens with two attached hydrogens (primary N) is 1. The van der Waals surface area contributed by atoms with E-state index in [-0.39, 0.29) is 23.1 Å². The Hall–Kier alpha value is -2.22. The Labute approximate surface area is 156 Å². The van der Waals surface area contributed by atoms with Crippen LogP contribution in [0.2, 0.25) is 0 Å². The number of nitrogen functional groups attached to an aromatic ring is 1. The van der Waals surface area contributed by atoms with E-state index < -0.39 is 11.2 Å². The van der Waals surface area contributed by atoms with Gasteiger partial charge < -0.3 is 5.73 Å². The molecule has 0 bridgehead atoms. The van der Waals surface area contributed by atoms with Crippen LogP contribution in [0.15, 0.2) is 9.59 Å². The van der Waals surface area contributed by atoms with Crippen LogP contribution in [0.5, 0.6) is 0 Å². The topological polar surface area (TPSA) is 100.0 Å². The van der Waals surface area contributed by atoms with Crippen molar-refractivity contribution in [1.82, 2.24) is 14.1 Å².